The molecule has 0 saturated carbocycles. The SMILES string of the molecule is CNc1nc(NC(COC)C2CCCO2)ncc1Cl. The first kappa shape index (κ1) is 14.3. The molecule has 1 aromatic heterocycles. The lowest BCUT2D eigenvalue weighted by Crippen LogP contribution is -2.37. The van der Waals surface area contributed by atoms with E-state index < -0.39 is 0 Å². The van der Waals surface area contributed by atoms with Gasteiger partial charge in [-0.1, -0.05) is 11.6 Å². The summed E-state index contributed by atoms with van der Waals surface area (Å²) in [5.74, 6) is 1.12. The van der Waals surface area contributed by atoms with Crippen molar-refractivity contribution in [1.29, 1.82) is 0 Å². The number of nitrogens with one attached hydrogen (secondary N) is 2. The van der Waals surface area contributed by atoms with Crippen LogP contribution in [0.1, 0.15) is 12.8 Å². The number of rotatable bonds is 6. The summed E-state index contributed by atoms with van der Waals surface area (Å²) >= 11 is 5.96. The fourth-order valence-corrected chi connectivity index (χ4v) is 2.30. The molecule has 1 fully saturated rings. The van der Waals surface area contributed by atoms with Crippen LogP contribution in [0.3, 0.4) is 0 Å². The molecular formula is C12H19ClN4O2. The van der Waals surface area contributed by atoms with E-state index in [4.69, 9.17) is 21.1 Å². The molecule has 1 aliphatic rings. The van der Waals surface area contributed by atoms with Gasteiger partial charge in [-0.15, -0.1) is 0 Å². The van der Waals surface area contributed by atoms with Crippen LogP contribution in [0.4, 0.5) is 11.8 Å². The standard InChI is InChI=1S/C12H19ClN4O2/c1-14-11-8(13)6-15-12(17-11)16-9(7-18-2)10-4-3-5-19-10/h6,9-10H,3-5,7H2,1-2H3,(H2,14,15,16,17). The Hall–Kier alpha value is -1.11. The number of hydrogen-bond donors (Lipinski definition) is 2. The van der Waals surface area contributed by atoms with Gasteiger partial charge >= 0.3 is 0 Å². The van der Waals surface area contributed by atoms with Gasteiger partial charge in [0.05, 0.1) is 24.9 Å². The van der Waals surface area contributed by atoms with Gasteiger partial charge in [-0.2, -0.15) is 4.98 Å². The Labute approximate surface area is 117 Å². The molecule has 6 nitrogen and oxygen atoms in total. The number of methoxy groups -OCH3 is 1. The molecule has 1 saturated heterocycles. The molecule has 106 valence electrons. The fourth-order valence-electron chi connectivity index (χ4n) is 2.12. The Kier molecular flexibility index (Phi) is 5.18. The zero-order valence-electron chi connectivity index (χ0n) is 11.1. The Morgan fingerprint density at radius 2 is 2.47 bits per heavy atom. The van der Waals surface area contributed by atoms with E-state index >= 15 is 0 Å². The molecule has 2 unspecified atom stereocenters. The predicted molar refractivity (Wildman–Crippen MR) is 74.8 cm³/mol. The highest BCUT2D eigenvalue weighted by Crippen LogP contribution is 2.21. The minimum atomic E-state index is 0.0402. The maximum absolute atomic E-state index is 5.96. The number of halogens is 1. The maximum Gasteiger partial charge on any atom is 0.225 e. The third kappa shape index (κ3) is 3.68. The molecule has 2 N–H and O–H groups in total. The van der Waals surface area contributed by atoms with Gasteiger partial charge in [0.2, 0.25) is 5.95 Å². The third-order valence-electron chi connectivity index (χ3n) is 3.06. The molecule has 1 aromatic rings. The van der Waals surface area contributed by atoms with Crippen LogP contribution < -0.4 is 10.6 Å². The Balaban J connectivity index is 2.07. The van der Waals surface area contributed by atoms with Gasteiger partial charge in [0.1, 0.15) is 10.8 Å². The lowest BCUT2D eigenvalue weighted by Gasteiger charge is -2.23. The monoisotopic (exact) mass is 286 g/mol. The van der Waals surface area contributed by atoms with Crippen LogP contribution in [0.2, 0.25) is 5.02 Å². The van der Waals surface area contributed by atoms with E-state index in [1.54, 1.807) is 20.4 Å². The highest BCUT2D eigenvalue weighted by Gasteiger charge is 2.26. The second-order valence-corrected chi connectivity index (χ2v) is 4.80. The van der Waals surface area contributed by atoms with Crippen LogP contribution in [-0.4, -0.2) is 49.5 Å². The van der Waals surface area contributed by atoms with Crippen LogP contribution in [0, 0.1) is 0 Å². The molecule has 0 aromatic carbocycles. The highest BCUT2D eigenvalue weighted by molar-refractivity contribution is 6.32. The number of anilines is 2. The van der Waals surface area contributed by atoms with Crippen molar-refractivity contribution in [2.75, 3.05) is 38.0 Å². The van der Waals surface area contributed by atoms with Crippen molar-refractivity contribution in [3.05, 3.63) is 11.2 Å². The van der Waals surface area contributed by atoms with Gasteiger partial charge in [-0.05, 0) is 12.8 Å². The molecule has 2 rings (SSSR count). The van der Waals surface area contributed by atoms with Crippen molar-refractivity contribution in [2.24, 2.45) is 0 Å². The first-order chi connectivity index (χ1) is 9.24. The summed E-state index contributed by atoms with van der Waals surface area (Å²) in [5.41, 5.74) is 0. The van der Waals surface area contributed by atoms with Gasteiger partial charge in [0.25, 0.3) is 0 Å². The van der Waals surface area contributed by atoms with E-state index in [2.05, 4.69) is 20.6 Å². The van der Waals surface area contributed by atoms with Gasteiger partial charge in [0.15, 0.2) is 0 Å². The van der Waals surface area contributed by atoms with Crippen molar-refractivity contribution in [2.45, 2.75) is 25.0 Å². The first-order valence-electron chi connectivity index (χ1n) is 6.32. The summed E-state index contributed by atoms with van der Waals surface area (Å²) < 4.78 is 10.9. The smallest absolute Gasteiger partial charge is 0.225 e. The molecule has 0 amide bonds. The second kappa shape index (κ2) is 6.88. The predicted octanol–water partition coefficient (Wildman–Crippen LogP) is 1.78. The molecule has 7 heteroatoms. The Morgan fingerprint density at radius 3 is 3.11 bits per heavy atom. The van der Waals surface area contributed by atoms with Crippen molar-refractivity contribution in [3.8, 4) is 0 Å². The Bertz CT molecular complexity index is 413. The average molecular weight is 287 g/mol. The van der Waals surface area contributed by atoms with E-state index in [9.17, 15) is 0 Å². The maximum atomic E-state index is 5.96. The third-order valence-corrected chi connectivity index (χ3v) is 3.33. The summed E-state index contributed by atoms with van der Waals surface area (Å²) in [7, 11) is 3.44. The summed E-state index contributed by atoms with van der Waals surface area (Å²) in [5, 5.41) is 6.67. The normalized spacial score (nSPS) is 20.3. The van der Waals surface area contributed by atoms with Crippen LogP contribution in [0.5, 0.6) is 0 Å². The summed E-state index contributed by atoms with van der Waals surface area (Å²) in [6.45, 7) is 1.35. The molecule has 2 atom stereocenters. The van der Waals surface area contributed by atoms with Crippen molar-refractivity contribution >= 4 is 23.4 Å². The number of hydrogen-bond acceptors (Lipinski definition) is 6. The number of aromatic nitrogens is 2. The summed E-state index contributed by atoms with van der Waals surface area (Å²) in [4.78, 5) is 8.48. The lowest BCUT2D eigenvalue weighted by molar-refractivity contribution is 0.0636. The Morgan fingerprint density at radius 1 is 1.63 bits per heavy atom. The van der Waals surface area contributed by atoms with Crippen LogP contribution in [0.25, 0.3) is 0 Å². The highest BCUT2D eigenvalue weighted by atomic mass is 35.5. The molecule has 0 bridgehead atoms. The quantitative estimate of drug-likeness (QED) is 0.831. The van der Waals surface area contributed by atoms with E-state index in [1.165, 1.54) is 0 Å². The molecular weight excluding hydrogens is 268 g/mol. The minimum absolute atomic E-state index is 0.0402. The minimum Gasteiger partial charge on any atom is -0.382 e. The van der Waals surface area contributed by atoms with E-state index in [1.807, 2.05) is 0 Å². The van der Waals surface area contributed by atoms with Gasteiger partial charge in [-0.25, -0.2) is 4.98 Å². The topological polar surface area (TPSA) is 68.3 Å². The fraction of sp³-hybridized carbons (Fsp3) is 0.667. The van der Waals surface area contributed by atoms with Crippen LogP contribution >= 0.6 is 11.6 Å². The number of nitrogens with zero attached hydrogens (tertiary/aromatic N) is 2. The molecule has 1 aliphatic heterocycles. The molecule has 0 spiro atoms. The molecule has 0 aliphatic carbocycles. The largest absolute Gasteiger partial charge is 0.382 e. The molecule has 19 heavy (non-hydrogen) atoms. The molecule has 0 radical (unpaired) electrons. The summed E-state index contributed by atoms with van der Waals surface area (Å²) in [6.07, 6.45) is 3.81. The van der Waals surface area contributed by atoms with Gasteiger partial charge in [0, 0.05) is 20.8 Å². The van der Waals surface area contributed by atoms with Crippen molar-refractivity contribution in [3.63, 3.8) is 0 Å². The first-order valence-corrected chi connectivity index (χ1v) is 6.69. The summed E-state index contributed by atoms with van der Waals surface area (Å²) in [6, 6.07) is 0.0402. The zero-order chi connectivity index (χ0) is 13.7. The van der Waals surface area contributed by atoms with Crippen LogP contribution in [0.15, 0.2) is 6.20 Å². The van der Waals surface area contributed by atoms with Gasteiger partial charge in [-0.3, -0.25) is 0 Å². The zero-order valence-corrected chi connectivity index (χ0v) is 11.9. The average Bonchev–Trinajstić information content (AvgIpc) is 2.94. The van der Waals surface area contributed by atoms with Crippen molar-refractivity contribution in [1.82, 2.24) is 9.97 Å². The van der Waals surface area contributed by atoms with E-state index in [0.29, 0.717) is 23.4 Å². The van der Waals surface area contributed by atoms with Crippen LogP contribution in [-0.2, 0) is 9.47 Å². The number of ether oxygens (including phenoxy) is 2. The second-order valence-electron chi connectivity index (χ2n) is 4.40. The van der Waals surface area contributed by atoms with Gasteiger partial charge < -0.3 is 20.1 Å². The van der Waals surface area contributed by atoms with Crippen molar-refractivity contribution < 1.29 is 9.47 Å². The lowest BCUT2D eigenvalue weighted by atomic mass is 10.1. The molecule has 2 heterocycles. The van der Waals surface area contributed by atoms with E-state index in [-0.39, 0.29) is 12.1 Å². The van der Waals surface area contributed by atoms with E-state index in [0.717, 1.165) is 19.4 Å².